The Balaban J connectivity index is 2.44. The van der Waals surface area contributed by atoms with Gasteiger partial charge in [-0.3, -0.25) is 0 Å². The van der Waals surface area contributed by atoms with Crippen molar-refractivity contribution in [3.8, 4) is 11.5 Å². The molecule has 0 amide bonds. The van der Waals surface area contributed by atoms with E-state index in [0.717, 1.165) is 11.1 Å². The summed E-state index contributed by atoms with van der Waals surface area (Å²) in [7, 11) is 0. The van der Waals surface area contributed by atoms with Gasteiger partial charge in [0.15, 0.2) is 11.6 Å². The van der Waals surface area contributed by atoms with Crippen molar-refractivity contribution in [2.24, 2.45) is 5.73 Å². The van der Waals surface area contributed by atoms with Crippen molar-refractivity contribution in [3.05, 3.63) is 59.4 Å². The van der Waals surface area contributed by atoms with Gasteiger partial charge < -0.3 is 10.5 Å². The van der Waals surface area contributed by atoms with Gasteiger partial charge in [-0.2, -0.15) is 0 Å². The maximum atomic E-state index is 14.1. The fourth-order valence-corrected chi connectivity index (χ4v) is 2.31. The Morgan fingerprint density at radius 3 is 2.43 bits per heavy atom. The first-order valence-electron chi connectivity index (χ1n) is 7.18. The van der Waals surface area contributed by atoms with Crippen LogP contribution in [-0.2, 0) is 11.8 Å². The Kier molecular flexibility index (Phi) is 4.63. The number of benzene rings is 2. The molecular formula is C18H22FNO. The number of ether oxygens (including phenoxy) is 1. The standard InChI is InChI=1S/C18H22FNO/c1-18(2,3)14-8-4-5-10-16(14)21-17-13(11-12-20)7-6-9-15(17)19/h4-10H,11-12,20H2,1-3H3. The molecule has 0 saturated carbocycles. The summed E-state index contributed by atoms with van der Waals surface area (Å²) in [6.45, 7) is 6.78. The second-order valence-corrected chi connectivity index (χ2v) is 6.11. The Morgan fingerprint density at radius 2 is 1.76 bits per heavy atom. The number of hydrogen-bond acceptors (Lipinski definition) is 2. The molecule has 2 aromatic rings. The highest BCUT2D eigenvalue weighted by Gasteiger charge is 2.20. The van der Waals surface area contributed by atoms with Crippen molar-refractivity contribution in [1.82, 2.24) is 0 Å². The SMILES string of the molecule is CC(C)(C)c1ccccc1Oc1c(F)cccc1CCN. The molecule has 2 rings (SSSR count). The van der Waals surface area contributed by atoms with E-state index in [9.17, 15) is 4.39 Å². The van der Waals surface area contributed by atoms with E-state index in [1.807, 2.05) is 30.3 Å². The summed E-state index contributed by atoms with van der Waals surface area (Å²) >= 11 is 0. The Labute approximate surface area is 125 Å². The summed E-state index contributed by atoms with van der Waals surface area (Å²) in [4.78, 5) is 0. The summed E-state index contributed by atoms with van der Waals surface area (Å²) in [5.41, 5.74) is 7.36. The highest BCUT2D eigenvalue weighted by atomic mass is 19.1. The van der Waals surface area contributed by atoms with E-state index in [4.69, 9.17) is 10.5 Å². The first kappa shape index (κ1) is 15.5. The first-order chi connectivity index (χ1) is 9.93. The summed E-state index contributed by atoms with van der Waals surface area (Å²) in [5.74, 6) is 0.609. The molecule has 0 aliphatic heterocycles. The average molecular weight is 287 g/mol. The molecule has 0 bridgehead atoms. The highest BCUT2D eigenvalue weighted by Crippen LogP contribution is 2.36. The van der Waals surface area contributed by atoms with Crippen LogP contribution in [0.3, 0.4) is 0 Å². The topological polar surface area (TPSA) is 35.2 Å². The van der Waals surface area contributed by atoms with E-state index in [1.54, 1.807) is 6.07 Å². The lowest BCUT2D eigenvalue weighted by atomic mass is 9.86. The minimum Gasteiger partial charge on any atom is -0.454 e. The van der Waals surface area contributed by atoms with Gasteiger partial charge >= 0.3 is 0 Å². The predicted molar refractivity (Wildman–Crippen MR) is 84.4 cm³/mol. The molecule has 0 radical (unpaired) electrons. The first-order valence-corrected chi connectivity index (χ1v) is 7.18. The van der Waals surface area contributed by atoms with E-state index in [2.05, 4.69) is 20.8 Å². The molecule has 2 aromatic carbocycles. The van der Waals surface area contributed by atoms with Gasteiger partial charge in [0.05, 0.1) is 0 Å². The van der Waals surface area contributed by atoms with Crippen LogP contribution in [0.25, 0.3) is 0 Å². The Bertz CT molecular complexity index is 617. The molecule has 0 atom stereocenters. The molecular weight excluding hydrogens is 265 g/mol. The van der Waals surface area contributed by atoms with E-state index >= 15 is 0 Å². The van der Waals surface area contributed by atoms with E-state index in [1.165, 1.54) is 6.07 Å². The van der Waals surface area contributed by atoms with Crippen LogP contribution in [0.5, 0.6) is 11.5 Å². The van der Waals surface area contributed by atoms with Crippen molar-refractivity contribution < 1.29 is 9.13 Å². The minimum atomic E-state index is -0.357. The zero-order valence-corrected chi connectivity index (χ0v) is 12.8. The molecule has 0 spiro atoms. The van der Waals surface area contributed by atoms with Gasteiger partial charge in [-0.15, -0.1) is 0 Å². The zero-order valence-electron chi connectivity index (χ0n) is 12.8. The van der Waals surface area contributed by atoms with Crippen LogP contribution in [0.1, 0.15) is 31.9 Å². The maximum Gasteiger partial charge on any atom is 0.166 e. The van der Waals surface area contributed by atoms with Crippen molar-refractivity contribution in [2.75, 3.05) is 6.54 Å². The summed E-state index contributed by atoms with van der Waals surface area (Å²) in [5, 5.41) is 0. The predicted octanol–water partition coefficient (Wildman–Crippen LogP) is 4.42. The van der Waals surface area contributed by atoms with Crippen molar-refractivity contribution in [2.45, 2.75) is 32.6 Å². The van der Waals surface area contributed by atoms with Crippen LogP contribution in [0.15, 0.2) is 42.5 Å². The minimum absolute atomic E-state index is 0.0735. The van der Waals surface area contributed by atoms with Crippen LogP contribution in [0.4, 0.5) is 4.39 Å². The monoisotopic (exact) mass is 287 g/mol. The smallest absolute Gasteiger partial charge is 0.166 e. The normalized spacial score (nSPS) is 11.5. The van der Waals surface area contributed by atoms with Gasteiger partial charge in [0.25, 0.3) is 0 Å². The molecule has 0 fully saturated rings. The van der Waals surface area contributed by atoms with Gasteiger partial charge in [0.2, 0.25) is 0 Å². The second-order valence-electron chi connectivity index (χ2n) is 6.11. The molecule has 0 aliphatic carbocycles. The van der Waals surface area contributed by atoms with Crippen LogP contribution in [-0.4, -0.2) is 6.54 Å². The van der Waals surface area contributed by atoms with Gasteiger partial charge in [-0.25, -0.2) is 4.39 Å². The van der Waals surface area contributed by atoms with Crippen LogP contribution in [0.2, 0.25) is 0 Å². The second kappa shape index (κ2) is 6.27. The molecule has 112 valence electrons. The summed E-state index contributed by atoms with van der Waals surface area (Å²) < 4.78 is 20.0. The third-order valence-electron chi connectivity index (χ3n) is 3.37. The van der Waals surface area contributed by atoms with Gasteiger partial charge in [0.1, 0.15) is 5.75 Å². The summed E-state index contributed by atoms with van der Waals surface area (Å²) in [6.07, 6.45) is 0.588. The number of hydrogen-bond donors (Lipinski definition) is 1. The van der Waals surface area contributed by atoms with Crippen LogP contribution < -0.4 is 10.5 Å². The average Bonchev–Trinajstić information content (AvgIpc) is 2.42. The zero-order chi connectivity index (χ0) is 15.5. The summed E-state index contributed by atoms with van der Waals surface area (Å²) in [6, 6.07) is 12.7. The third-order valence-corrected chi connectivity index (χ3v) is 3.37. The van der Waals surface area contributed by atoms with Gasteiger partial charge in [-0.1, -0.05) is 51.1 Å². The maximum absolute atomic E-state index is 14.1. The fraction of sp³-hybridized carbons (Fsp3) is 0.333. The Hall–Kier alpha value is -1.87. The molecule has 3 heteroatoms. The number of halogens is 1. The molecule has 0 saturated heterocycles. The number of rotatable bonds is 4. The largest absolute Gasteiger partial charge is 0.454 e. The lowest BCUT2D eigenvalue weighted by Crippen LogP contribution is -2.13. The molecule has 2 N–H and O–H groups in total. The van der Waals surface area contributed by atoms with Crippen molar-refractivity contribution in [3.63, 3.8) is 0 Å². The van der Waals surface area contributed by atoms with Crippen molar-refractivity contribution >= 4 is 0 Å². The molecule has 0 unspecified atom stereocenters. The van der Waals surface area contributed by atoms with E-state index in [0.29, 0.717) is 18.7 Å². The quantitative estimate of drug-likeness (QED) is 0.903. The van der Waals surface area contributed by atoms with Gasteiger partial charge in [-0.05, 0) is 36.1 Å². The Morgan fingerprint density at radius 1 is 1.05 bits per heavy atom. The molecule has 2 nitrogen and oxygen atoms in total. The lowest BCUT2D eigenvalue weighted by molar-refractivity contribution is 0.420. The number of nitrogens with two attached hydrogens (primary N) is 1. The van der Waals surface area contributed by atoms with Crippen LogP contribution in [0, 0.1) is 5.82 Å². The van der Waals surface area contributed by atoms with E-state index < -0.39 is 0 Å². The molecule has 21 heavy (non-hydrogen) atoms. The fourth-order valence-electron chi connectivity index (χ4n) is 2.31. The van der Waals surface area contributed by atoms with Crippen molar-refractivity contribution in [1.29, 1.82) is 0 Å². The van der Waals surface area contributed by atoms with Gasteiger partial charge in [0, 0.05) is 5.56 Å². The molecule has 0 aliphatic rings. The molecule has 0 heterocycles. The molecule has 0 aromatic heterocycles. The van der Waals surface area contributed by atoms with E-state index in [-0.39, 0.29) is 17.0 Å². The van der Waals surface area contributed by atoms with Crippen LogP contribution >= 0.6 is 0 Å². The lowest BCUT2D eigenvalue weighted by Gasteiger charge is -2.23. The number of para-hydroxylation sites is 2. The third kappa shape index (κ3) is 3.61. The highest BCUT2D eigenvalue weighted by molar-refractivity contribution is 5.44.